The van der Waals surface area contributed by atoms with Crippen molar-refractivity contribution >= 4 is 39.1 Å². The largest absolute Gasteiger partial charge is 0.447 e. The van der Waals surface area contributed by atoms with E-state index < -0.39 is 24.1 Å². The van der Waals surface area contributed by atoms with Crippen LogP contribution < -0.4 is 0 Å². The summed E-state index contributed by atoms with van der Waals surface area (Å²) >= 11 is 5.31. The van der Waals surface area contributed by atoms with Gasteiger partial charge in [-0.3, -0.25) is 4.79 Å². The zero-order valence-corrected chi connectivity index (χ0v) is 13.1. The second-order valence-corrected chi connectivity index (χ2v) is 5.54. The molecule has 24 heavy (non-hydrogen) atoms. The summed E-state index contributed by atoms with van der Waals surface area (Å²) in [5.74, 6) is -1.76. The fraction of sp³-hybridized carbons (Fsp3) is 0.167. The molecule has 0 spiro atoms. The summed E-state index contributed by atoms with van der Waals surface area (Å²) in [5.41, 5.74) is -0.102. The second-order valence-electron chi connectivity index (χ2n) is 5.28. The van der Waals surface area contributed by atoms with E-state index in [9.17, 15) is 18.0 Å². The van der Waals surface area contributed by atoms with E-state index in [0.717, 1.165) is 5.39 Å². The van der Waals surface area contributed by atoms with Crippen LogP contribution in [0.15, 0.2) is 54.6 Å². The molecule has 0 aliphatic rings. The van der Waals surface area contributed by atoms with E-state index in [-0.39, 0.29) is 5.56 Å². The first-order valence-electron chi connectivity index (χ1n) is 7.14. The van der Waals surface area contributed by atoms with Crippen molar-refractivity contribution in [2.75, 3.05) is 5.88 Å². The van der Waals surface area contributed by atoms with Crippen molar-refractivity contribution in [2.45, 2.75) is 12.3 Å². The third kappa shape index (κ3) is 3.04. The van der Waals surface area contributed by atoms with Gasteiger partial charge in [-0.1, -0.05) is 48.5 Å². The average Bonchev–Trinajstić information content (AvgIpc) is 2.58. The van der Waals surface area contributed by atoms with Crippen molar-refractivity contribution in [3.05, 3.63) is 60.2 Å². The third-order valence-corrected chi connectivity index (χ3v) is 3.96. The van der Waals surface area contributed by atoms with Gasteiger partial charge in [0, 0.05) is 5.56 Å². The lowest BCUT2D eigenvalue weighted by atomic mass is 9.94. The number of hydrogen-bond acceptors (Lipinski definition) is 2. The third-order valence-electron chi connectivity index (χ3n) is 3.74. The molecule has 0 aliphatic heterocycles. The average molecular weight is 353 g/mol. The number of rotatable bonds is 3. The maximum absolute atomic E-state index is 13.5. The van der Waals surface area contributed by atoms with E-state index in [4.69, 9.17) is 11.6 Å². The number of esters is 1. The molecule has 0 heterocycles. The van der Waals surface area contributed by atoms with E-state index in [2.05, 4.69) is 4.74 Å². The highest BCUT2D eigenvalue weighted by atomic mass is 35.5. The van der Waals surface area contributed by atoms with E-state index in [1.165, 1.54) is 6.07 Å². The lowest BCUT2D eigenvalue weighted by Crippen LogP contribution is -2.27. The highest BCUT2D eigenvalue weighted by Crippen LogP contribution is 2.41. The summed E-state index contributed by atoms with van der Waals surface area (Å²) in [6.45, 7) is 0. The number of hydrogen-bond donors (Lipinski definition) is 0. The standard InChI is InChI=1S/C18H12ClF3O2/c19-10-16(23)24-17(18(20,21)22)15-9-11-5-1-2-6-12(11)13-7-3-4-8-14(13)15/h1-9,17H,10H2/t17-/m0/s1. The Morgan fingerprint density at radius 1 is 1.00 bits per heavy atom. The molecule has 0 fully saturated rings. The minimum atomic E-state index is -4.74. The van der Waals surface area contributed by atoms with Crippen LogP contribution in [0.25, 0.3) is 21.5 Å². The van der Waals surface area contributed by atoms with Gasteiger partial charge in [-0.05, 0) is 27.6 Å². The van der Waals surface area contributed by atoms with Crippen molar-refractivity contribution in [1.29, 1.82) is 0 Å². The van der Waals surface area contributed by atoms with Crippen LogP contribution in [0.5, 0.6) is 0 Å². The molecule has 3 aromatic carbocycles. The summed E-state index contributed by atoms with van der Waals surface area (Å²) < 4.78 is 45.1. The molecule has 0 radical (unpaired) electrons. The smallest absolute Gasteiger partial charge is 0.429 e. The van der Waals surface area contributed by atoms with Crippen LogP contribution in [0.2, 0.25) is 0 Å². The van der Waals surface area contributed by atoms with Gasteiger partial charge >= 0.3 is 12.1 Å². The van der Waals surface area contributed by atoms with Gasteiger partial charge in [-0.2, -0.15) is 13.2 Å². The molecule has 3 rings (SSSR count). The van der Waals surface area contributed by atoms with Gasteiger partial charge in [-0.25, -0.2) is 0 Å². The molecular formula is C18H12ClF3O2. The number of alkyl halides is 4. The van der Waals surface area contributed by atoms with Crippen LogP contribution in [-0.2, 0) is 9.53 Å². The van der Waals surface area contributed by atoms with Gasteiger partial charge in [0.25, 0.3) is 0 Å². The minimum absolute atomic E-state index is 0.102. The van der Waals surface area contributed by atoms with Gasteiger partial charge in [0.05, 0.1) is 0 Å². The van der Waals surface area contributed by atoms with Crippen LogP contribution in [0.4, 0.5) is 13.2 Å². The molecule has 0 unspecified atom stereocenters. The SMILES string of the molecule is O=C(CCl)O[C@@H](c1cc2ccccc2c2ccccc12)C(F)(F)F. The van der Waals surface area contributed by atoms with Crippen molar-refractivity contribution in [3.63, 3.8) is 0 Å². The number of benzene rings is 3. The van der Waals surface area contributed by atoms with E-state index in [0.29, 0.717) is 16.2 Å². The normalized spacial score (nSPS) is 13.2. The van der Waals surface area contributed by atoms with Gasteiger partial charge in [0.15, 0.2) is 0 Å². The molecule has 0 aliphatic carbocycles. The highest BCUT2D eigenvalue weighted by Gasteiger charge is 2.44. The Bertz CT molecular complexity index is 906. The first kappa shape index (κ1) is 16.6. The summed E-state index contributed by atoms with van der Waals surface area (Å²) in [7, 11) is 0. The quantitative estimate of drug-likeness (QED) is 0.359. The minimum Gasteiger partial charge on any atom is -0.447 e. The molecule has 0 saturated carbocycles. The molecule has 3 aromatic rings. The maximum atomic E-state index is 13.5. The van der Waals surface area contributed by atoms with Crippen LogP contribution in [-0.4, -0.2) is 18.0 Å². The molecule has 0 saturated heterocycles. The fourth-order valence-electron chi connectivity index (χ4n) is 2.77. The fourth-order valence-corrected chi connectivity index (χ4v) is 2.83. The monoisotopic (exact) mass is 352 g/mol. The van der Waals surface area contributed by atoms with Crippen LogP contribution in [0.3, 0.4) is 0 Å². The molecule has 1 atom stereocenters. The molecular weight excluding hydrogens is 341 g/mol. The number of carbonyl (C=O) groups is 1. The lowest BCUT2D eigenvalue weighted by Gasteiger charge is -2.23. The summed E-state index contributed by atoms with van der Waals surface area (Å²) in [6, 6.07) is 15.3. The molecule has 0 N–H and O–H groups in total. The summed E-state index contributed by atoms with van der Waals surface area (Å²) in [6.07, 6.45) is -7.11. The Morgan fingerprint density at radius 2 is 1.58 bits per heavy atom. The molecule has 124 valence electrons. The Balaban J connectivity index is 2.30. The summed E-state index contributed by atoms with van der Waals surface area (Å²) in [5, 5.41) is 2.53. The Labute approximate surface area is 140 Å². The molecule has 2 nitrogen and oxygen atoms in total. The van der Waals surface area contributed by atoms with Gasteiger partial charge < -0.3 is 4.74 Å². The van der Waals surface area contributed by atoms with Crippen LogP contribution in [0, 0.1) is 0 Å². The Hall–Kier alpha value is -2.27. The van der Waals surface area contributed by atoms with E-state index in [1.54, 1.807) is 36.4 Å². The van der Waals surface area contributed by atoms with E-state index >= 15 is 0 Å². The first-order valence-corrected chi connectivity index (χ1v) is 7.68. The Morgan fingerprint density at radius 3 is 2.21 bits per heavy atom. The number of halogens is 4. The predicted molar refractivity (Wildman–Crippen MR) is 87.1 cm³/mol. The molecule has 0 bridgehead atoms. The van der Waals surface area contributed by atoms with Gasteiger partial charge in [-0.15, -0.1) is 11.6 Å². The second kappa shape index (κ2) is 6.32. The van der Waals surface area contributed by atoms with Gasteiger partial charge in [0.2, 0.25) is 6.10 Å². The number of ether oxygens (including phenoxy) is 1. The lowest BCUT2D eigenvalue weighted by molar-refractivity contribution is -0.222. The highest BCUT2D eigenvalue weighted by molar-refractivity contribution is 6.26. The van der Waals surface area contributed by atoms with Crippen molar-refractivity contribution in [1.82, 2.24) is 0 Å². The van der Waals surface area contributed by atoms with Crippen molar-refractivity contribution in [3.8, 4) is 0 Å². The van der Waals surface area contributed by atoms with E-state index in [1.807, 2.05) is 12.1 Å². The maximum Gasteiger partial charge on any atom is 0.429 e. The van der Waals surface area contributed by atoms with Gasteiger partial charge in [0.1, 0.15) is 5.88 Å². The first-order chi connectivity index (χ1) is 11.4. The predicted octanol–water partition coefficient (Wildman–Crippen LogP) is 5.38. The summed E-state index contributed by atoms with van der Waals surface area (Å²) in [4.78, 5) is 11.4. The zero-order valence-electron chi connectivity index (χ0n) is 12.3. The molecule has 0 amide bonds. The van der Waals surface area contributed by atoms with Crippen molar-refractivity contribution in [2.24, 2.45) is 0 Å². The molecule has 6 heteroatoms. The molecule has 0 aromatic heterocycles. The number of fused-ring (bicyclic) bond motifs is 3. The van der Waals surface area contributed by atoms with Crippen LogP contribution >= 0.6 is 11.6 Å². The topological polar surface area (TPSA) is 26.3 Å². The Kier molecular flexibility index (Phi) is 4.37. The van der Waals surface area contributed by atoms with Crippen molar-refractivity contribution < 1.29 is 22.7 Å². The number of carbonyl (C=O) groups excluding carboxylic acids is 1. The zero-order chi connectivity index (χ0) is 17.3. The van der Waals surface area contributed by atoms with Crippen LogP contribution in [0.1, 0.15) is 11.7 Å².